The average molecular weight is 904 g/mol. The Morgan fingerprint density at radius 2 is 0.855 bits per heavy atom. The number of nitriles is 1. The van der Waals surface area contributed by atoms with Crippen molar-refractivity contribution in [3.63, 3.8) is 0 Å². The van der Waals surface area contributed by atoms with E-state index in [0.29, 0.717) is 17.8 Å². The lowest BCUT2D eigenvalue weighted by Gasteiger charge is -2.21. The highest BCUT2D eigenvalue weighted by atomic mass is 15.0. The van der Waals surface area contributed by atoms with Crippen LogP contribution >= 0.6 is 0 Å². The van der Waals surface area contributed by atoms with Gasteiger partial charge in [0.05, 0.1) is 39.1 Å². The van der Waals surface area contributed by atoms with Crippen LogP contribution in [0.25, 0.3) is 60.7 Å². The topological polar surface area (TPSA) is 58.4 Å². The number of benzene rings is 7. The first-order chi connectivity index (χ1) is 32.6. The first-order valence-corrected chi connectivity index (χ1v) is 24.3. The van der Waals surface area contributed by atoms with Crippen LogP contribution in [-0.4, -0.2) is 21.7 Å². The van der Waals surface area contributed by atoms with Crippen molar-refractivity contribution < 1.29 is 0 Å². The molecule has 0 saturated heterocycles. The lowest BCUT2D eigenvalue weighted by molar-refractivity contribution is 0.590. The molecule has 0 unspecified atom stereocenters. The smallest absolute Gasteiger partial charge is 0.159 e. The highest BCUT2D eigenvalue weighted by Gasteiger charge is 2.27. The van der Waals surface area contributed by atoms with Gasteiger partial charge in [-0.15, -0.1) is 0 Å². The van der Waals surface area contributed by atoms with Crippen molar-refractivity contribution in [2.75, 3.05) is 0 Å². The maximum atomic E-state index is 11.8. The van der Waals surface area contributed by atoms with E-state index >= 15 is 0 Å². The Hall–Kier alpha value is -7.29. The largest absolute Gasteiger partial charge is 0.308 e. The predicted molar refractivity (Wildman–Crippen MR) is 295 cm³/mol. The number of hydrogen-bond donors (Lipinski definition) is 0. The molecular formula is C64H65N5. The van der Waals surface area contributed by atoms with Gasteiger partial charge in [0.2, 0.25) is 0 Å². The minimum atomic E-state index is -0.0725. The van der Waals surface area contributed by atoms with Crippen LogP contribution in [0.15, 0.2) is 162 Å². The minimum absolute atomic E-state index is 0.0725. The van der Waals surface area contributed by atoms with E-state index < -0.39 is 0 Å². The predicted octanol–water partition coefficient (Wildman–Crippen LogP) is 16.7. The summed E-state index contributed by atoms with van der Waals surface area (Å²) in [7, 11) is 0. The van der Waals surface area contributed by atoms with Gasteiger partial charge in [-0.25, -0.2) is 9.98 Å². The van der Waals surface area contributed by atoms with Gasteiger partial charge in [0, 0.05) is 27.1 Å². The number of aliphatic imine (C=N–C) groups is 2. The zero-order chi connectivity index (χ0) is 49.2. The van der Waals surface area contributed by atoms with Gasteiger partial charge in [-0.05, 0) is 129 Å². The van der Waals surface area contributed by atoms with E-state index in [1.54, 1.807) is 0 Å². The molecule has 2 aromatic heterocycles. The van der Waals surface area contributed by atoms with E-state index in [2.05, 4.69) is 232 Å². The number of fused-ring (bicyclic) bond motifs is 6. The van der Waals surface area contributed by atoms with Gasteiger partial charge in [-0.2, -0.15) is 5.26 Å². The Labute approximate surface area is 409 Å². The summed E-state index contributed by atoms with van der Waals surface area (Å²) in [6, 6.07) is 55.1. The van der Waals surface area contributed by atoms with Crippen LogP contribution in [0.4, 0.5) is 0 Å². The summed E-state index contributed by atoms with van der Waals surface area (Å²) in [5, 5.41) is 16.4. The van der Waals surface area contributed by atoms with Crippen LogP contribution in [0.1, 0.15) is 128 Å². The first kappa shape index (κ1) is 46.8. The van der Waals surface area contributed by atoms with Gasteiger partial charge < -0.3 is 9.13 Å². The second-order valence-electron chi connectivity index (χ2n) is 22.8. The molecule has 0 bridgehead atoms. The van der Waals surface area contributed by atoms with Crippen LogP contribution in [0.3, 0.4) is 0 Å². The molecular weight excluding hydrogens is 839 g/mol. The van der Waals surface area contributed by atoms with Crippen LogP contribution in [-0.2, 0) is 28.1 Å². The Kier molecular flexibility index (Phi) is 11.8. The molecule has 2 heterocycles. The fourth-order valence-corrected chi connectivity index (χ4v) is 9.61. The lowest BCUT2D eigenvalue weighted by atomic mass is 9.85. The van der Waals surface area contributed by atoms with Crippen molar-refractivity contribution in [1.29, 1.82) is 5.26 Å². The van der Waals surface area contributed by atoms with Gasteiger partial charge in [0.1, 0.15) is 11.6 Å². The summed E-state index contributed by atoms with van der Waals surface area (Å²) in [6.45, 7) is 31.3. The fraction of sp³-hybridized carbons (Fsp3) is 0.266. The maximum absolute atomic E-state index is 11.8. The van der Waals surface area contributed by atoms with E-state index in [1.807, 2.05) is 24.3 Å². The highest BCUT2D eigenvalue weighted by molar-refractivity contribution is 6.13. The minimum Gasteiger partial charge on any atom is -0.308 e. The SMILES string of the molecule is C=N/C(=N\C(=C/Cc1ccccc1)c1ccccc1)c1cc(-n2c3ccc(C(C)(C)C)cc3c3cc(C(C)(C)C)ccc32)c(C#N)c(-n2c3ccc(C(C)(C)C)cc3c3cc(C(C)(C)C)ccc32)c1. The van der Waals surface area contributed by atoms with Crippen LogP contribution < -0.4 is 0 Å². The summed E-state index contributed by atoms with van der Waals surface area (Å²) in [5.74, 6) is 0.460. The third kappa shape index (κ3) is 8.86. The zero-order valence-corrected chi connectivity index (χ0v) is 42.6. The molecule has 0 atom stereocenters. The van der Waals surface area contributed by atoms with E-state index in [9.17, 15) is 5.26 Å². The molecule has 0 spiro atoms. The molecule has 5 nitrogen and oxygen atoms in total. The maximum Gasteiger partial charge on any atom is 0.159 e. The quantitative estimate of drug-likeness (QED) is 0.116. The highest BCUT2D eigenvalue weighted by Crippen LogP contribution is 2.43. The Balaban J connectivity index is 1.43. The van der Waals surface area contributed by atoms with Crippen molar-refractivity contribution in [2.24, 2.45) is 9.98 Å². The summed E-state index contributed by atoms with van der Waals surface area (Å²) >= 11 is 0. The Bertz CT molecular complexity index is 3250. The molecule has 0 fully saturated rings. The standard InChI is InChI=1S/C64H65N5/c1-61(2,3)44-25-30-54-48(36-44)49-37-45(62(4,5)6)26-31-55(49)68(54)58-34-43(60(66-13)67-53(42-22-18-15-19-23-42)29-24-41-20-16-14-17-21-41)35-59(52(58)40-65)69-56-32-27-46(63(7,8)9)38-50(56)51-39-47(64(10,11)12)28-33-57(51)69/h14-23,25-39H,13,24H2,1-12H3/b53-29-,67-60-. The lowest BCUT2D eigenvalue weighted by Crippen LogP contribution is -2.11. The molecule has 0 aliphatic heterocycles. The summed E-state index contributed by atoms with van der Waals surface area (Å²) in [6.07, 6.45) is 2.85. The molecule has 0 saturated carbocycles. The normalized spacial score (nSPS) is 13.2. The average Bonchev–Trinajstić information content (AvgIpc) is 3.82. The molecule has 9 aromatic rings. The van der Waals surface area contributed by atoms with E-state index in [1.165, 1.54) is 27.8 Å². The van der Waals surface area contributed by atoms with Crippen LogP contribution in [0.2, 0.25) is 0 Å². The second kappa shape index (κ2) is 17.3. The number of aromatic nitrogens is 2. The number of rotatable bonds is 7. The van der Waals surface area contributed by atoms with E-state index in [4.69, 9.17) is 9.98 Å². The third-order valence-electron chi connectivity index (χ3n) is 13.8. The molecule has 0 aliphatic carbocycles. The number of allylic oxidation sites excluding steroid dienone is 1. The molecule has 0 radical (unpaired) electrons. The van der Waals surface area contributed by atoms with Gasteiger partial charge in [0.15, 0.2) is 5.84 Å². The summed E-state index contributed by atoms with van der Waals surface area (Å²) in [4.78, 5) is 10.1. The van der Waals surface area contributed by atoms with Gasteiger partial charge in [-0.3, -0.25) is 0 Å². The fourth-order valence-electron chi connectivity index (χ4n) is 9.61. The summed E-state index contributed by atoms with van der Waals surface area (Å²) in [5.41, 5.74) is 14.5. The van der Waals surface area contributed by atoms with Crippen LogP contribution in [0, 0.1) is 11.3 Å². The molecule has 0 N–H and O–H groups in total. The van der Waals surface area contributed by atoms with Crippen LogP contribution in [0.5, 0.6) is 0 Å². The third-order valence-corrected chi connectivity index (χ3v) is 13.8. The van der Waals surface area contributed by atoms with Crippen molar-refractivity contribution in [3.05, 3.63) is 196 Å². The molecule has 346 valence electrons. The van der Waals surface area contributed by atoms with Gasteiger partial charge in [-0.1, -0.05) is 174 Å². The van der Waals surface area contributed by atoms with Gasteiger partial charge >= 0.3 is 0 Å². The summed E-state index contributed by atoms with van der Waals surface area (Å²) < 4.78 is 4.59. The van der Waals surface area contributed by atoms with Gasteiger partial charge in [0.25, 0.3) is 0 Å². The van der Waals surface area contributed by atoms with Crippen molar-refractivity contribution in [2.45, 2.75) is 111 Å². The van der Waals surface area contributed by atoms with E-state index in [-0.39, 0.29) is 21.7 Å². The molecule has 7 aromatic carbocycles. The number of amidine groups is 1. The number of nitrogens with zero attached hydrogens (tertiary/aromatic N) is 5. The Morgan fingerprint density at radius 3 is 1.19 bits per heavy atom. The van der Waals surface area contributed by atoms with Crippen molar-refractivity contribution in [1.82, 2.24) is 9.13 Å². The number of hydrogen-bond acceptors (Lipinski definition) is 2. The molecule has 0 amide bonds. The van der Waals surface area contributed by atoms with E-state index in [0.717, 1.165) is 71.8 Å². The second-order valence-corrected chi connectivity index (χ2v) is 22.8. The van der Waals surface area contributed by atoms with Crippen molar-refractivity contribution in [3.8, 4) is 17.4 Å². The monoisotopic (exact) mass is 904 g/mol. The van der Waals surface area contributed by atoms with Crippen molar-refractivity contribution >= 4 is 61.9 Å². The Morgan fingerprint density at radius 1 is 0.493 bits per heavy atom. The molecule has 5 heteroatoms. The first-order valence-electron chi connectivity index (χ1n) is 24.3. The molecule has 69 heavy (non-hydrogen) atoms. The molecule has 0 aliphatic rings. The zero-order valence-electron chi connectivity index (χ0n) is 42.6. The molecule has 9 rings (SSSR count).